The van der Waals surface area contributed by atoms with Gasteiger partial charge in [-0.15, -0.1) is 0 Å². The van der Waals surface area contributed by atoms with Gasteiger partial charge < -0.3 is 19.7 Å². The molecule has 1 aliphatic rings. The van der Waals surface area contributed by atoms with Crippen molar-refractivity contribution in [1.29, 1.82) is 0 Å². The lowest BCUT2D eigenvalue weighted by molar-refractivity contribution is -0.125. The van der Waals surface area contributed by atoms with Crippen LogP contribution in [0, 0.1) is 13.8 Å². The van der Waals surface area contributed by atoms with E-state index in [1.54, 1.807) is 10.6 Å². The van der Waals surface area contributed by atoms with Crippen molar-refractivity contribution >= 4 is 11.8 Å². The van der Waals surface area contributed by atoms with Crippen LogP contribution in [-0.2, 0) is 18.4 Å². The van der Waals surface area contributed by atoms with Crippen molar-refractivity contribution < 1.29 is 14.1 Å². The highest BCUT2D eigenvalue weighted by molar-refractivity contribution is 5.93. The number of carbonyl (C=O) groups is 2. The molecule has 1 fully saturated rings. The first-order valence-electron chi connectivity index (χ1n) is 9.26. The van der Waals surface area contributed by atoms with E-state index >= 15 is 0 Å². The van der Waals surface area contributed by atoms with Gasteiger partial charge in [-0.2, -0.15) is 0 Å². The predicted molar refractivity (Wildman–Crippen MR) is 100 cm³/mol. The lowest BCUT2D eigenvalue weighted by Crippen LogP contribution is -2.42. The quantitative estimate of drug-likeness (QED) is 0.792. The van der Waals surface area contributed by atoms with Gasteiger partial charge in [0.1, 0.15) is 11.5 Å². The van der Waals surface area contributed by atoms with Crippen LogP contribution in [-0.4, -0.2) is 51.6 Å². The van der Waals surface area contributed by atoms with Crippen molar-refractivity contribution in [1.82, 2.24) is 25.3 Å². The van der Waals surface area contributed by atoms with Crippen molar-refractivity contribution in [3.05, 3.63) is 41.0 Å². The van der Waals surface area contributed by atoms with E-state index in [1.807, 2.05) is 40.1 Å². The summed E-state index contributed by atoms with van der Waals surface area (Å²) in [6.45, 7) is 7.43. The number of likely N-dealkylation sites (N-methyl/N-ethyl adjacent to an activating group) is 1. The molecule has 2 atom stereocenters. The molecule has 0 unspecified atom stereocenters. The Balaban J connectivity index is 1.74. The third-order valence-corrected chi connectivity index (χ3v) is 5.11. The zero-order valence-electron chi connectivity index (χ0n) is 16.3. The smallest absolute Gasteiger partial charge is 0.268 e. The van der Waals surface area contributed by atoms with Crippen molar-refractivity contribution in [2.24, 2.45) is 7.05 Å². The highest BCUT2D eigenvalue weighted by Gasteiger charge is 2.38. The third-order valence-electron chi connectivity index (χ3n) is 5.11. The van der Waals surface area contributed by atoms with Crippen LogP contribution in [0.5, 0.6) is 0 Å². The summed E-state index contributed by atoms with van der Waals surface area (Å²) in [5, 5.41) is 9.97. The summed E-state index contributed by atoms with van der Waals surface area (Å²) in [4.78, 5) is 27.2. The highest BCUT2D eigenvalue weighted by Crippen LogP contribution is 2.24. The number of amides is 2. The van der Waals surface area contributed by atoms with E-state index in [0.29, 0.717) is 31.7 Å². The maximum atomic E-state index is 12.6. The van der Waals surface area contributed by atoms with E-state index in [-0.39, 0.29) is 23.9 Å². The molecule has 0 aliphatic carbocycles. The van der Waals surface area contributed by atoms with Crippen molar-refractivity contribution in [2.45, 2.75) is 45.8 Å². The van der Waals surface area contributed by atoms with Gasteiger partial charge in [0.2, 0.25) is 5.91 Å². The van der Waals surface area contributed by atoms with E-state index < -0.39 is 0 Å². The first-order valence-corrected chi connectivity index (χ1v) is 9.26. The van der Waals surface area contributed by atoms with Crippen LogP contribution in [0.3, 0.4) is 0 Å². The van der Waals surface area contributed by atoms with Gasteiger partial charge in [-0.05, 0) is 39.3 Å². The molecule has 146 valence electrons. The number of aromatic nitrogens is 2. The molecule has 8 nitrogen and oxygen atoms in total. The number of hydrogen-bond acceptors (Lipinski definition) is 5. The van der Waals surface area contributed by atoms with Crippen LogP contribution in [0.1, 0.15) is 40.9 Å². The molecule has 3 heterocycles. The molecule has 2 aromatic rings. The Hall–Kier alpha value is -2.61. The van der Waals surface area contributed by atoms with Gasteiger partial charge in [0.25, 0.3) is 5.91 Å². The fourth-order valence-electron chi connectivity index (χ4n) is 3.63. The van der Waals surface area contributed by atoms with Gasteiger partial charge in [-0.3, -0.25) is 14.5 Å². The third kappa shape index (κ3) is 4.05. The summed E-state index contributed by atoms with van der Waals surface area (Å²) in [5.74, 6) is 0.625. The summed E-state index contributed by atoms with van der Waals surface area (Å²) in [5.41, 5.74) is 2.44. The topological polar surface area (TPSA) is 92.4 Å². The molecular formula is C19H27N5O3. The molecule has 0 bridgehead atoms. The van der Waals surface area contributed by atoms with Crippen molar-refractivity contribution in [3.63, 3.8) is 0 Å². The summed E-state index contributed by atoms with van der Waals surface area (Å²) in [6, 6.07) is 3.23. The molecule has 8 heteroatoms. The van der Waals surface area contributed by atoms with Crippen LogP contribution in [0.15, 0.2) is 22.9 Å². The summed E-state index contributed by atoms with van der Waals surface area (Å²) in [6.07, 6.45) is 2.41. The maximum Gasteiger partial charge on any atom is 0.268 e. The highest BCUT2D eigenvalue weighted by atomic mass is 16.5. The lowest BCUT2D eigenvalue weighted by Gasteiger charge is -2.23. The predicted octanol–water partition coefficient (Wildman–Crippen LogP) is 1.14. The number of aryl methyl sites for hydroxylation is 3. The second-order valence-corrected chi connectivity index (χ2v) is 7.05. The van der Waals surface area contributed by atoms with Crippen LogP contribution in [0.25, 0.3) is 0 Å². The van der Waals surface area contributed by atoms with E-state index in [9.17, 15) is 9.59 Å². The summed E-state index contributed by atoms with van der Waals surface area (Å²) in [7, 11) is 1.84. The summed E-state index contributed by atoms with van der Waals surface area (Å²) < 4.78 is 7.04. The molecule has 1 saturated heterocycles. The Morgan fingerprint density at radius 3 is 2.74 bits per heavy atom. The average Bonchev–Trinajstić information content (AvgIpc) is 3.30. The van der Waals surface area contributed by atoms with E-state index in [4.69, 9.17) is 4.52 Å². The Morgan fingerprint density at radius 1 is 1.37 bits per heavy atom. The second kappa shape index (κ2) is 7.96. The van der Waals surface area contributed by atoms with Gasteiger partial charge in [-0.25, -0.2) is 0 Å². The van der Waals surface area contributed by atoms with Gasteiger partial charge in [0.05, 0.1) is 11.7 Å². The Morgan fingerprint density at radius 2 is 2.15 bits per heavy atom. The van der Waals surface area contributed by atoms with Gasteiger partial charge in [-0.1, -0.05) is 5.16 Å². The normalized spacial score (nSPS) is 20.0. The molecular weight excluding hydrogens is 346 g/mol. The van der Waals surface area contributed by atoms with Crippen LogP contribution >= 0.6 is 0 Å². The zero-order valence-corrected chi connectivity index (χ0v) is 16.3. The number of hydrogen-bond donors (Lipinski definition) is 2. The maximum absolute atomic E-state index is 12.6. The minimum atomic E-state index is -0.294. The molecule has 3 rings (SSSR count). The molecule has 1 aliphatic heterocycles. The molecule has 2 amide bonds. The first-order chi connectivity index (χ1) is 12.9. The van der Waals surface area contributed by atoms with E-state index in [0.717, 1.165) is 17.0 Å². The minimum Gasteiger partial charge on any atom is -0.361 e. The monoisotopic (exact) mass is 373 g/mol. The van der Waals surface area contributed by atoms with Crippen molar-refractivity contribution in [2.75, 3.05) is 13.1 Å². The molecule has 0 radical (unpaired) electrons. The standard InChI is InChI=1S/C19H27N5O3/c1-5-20-18(25)17-9-14(21-19(26)16-7-6-8-23(16)4)10-24(17)11-15-12(2)22-27-13(15)3/h6-8,14,17H,5,9-11H2,1-4H3,(H,20,25)(H,21,26)/t14-,17-/m0/s1. The largest absolute Gasteiger partial charge is 0.361 e. The Labute approximate surface area is 158 Å². The van der Waals surface area contributed by atoms with Crippen LogP contribution in [0.4, 0.5) is 0 Å². The second-order valence-electron chi connectivity index (χ2n) is 7.05. The van der Waals surface area contributed by atoms with Crippen LogP contribution < -0.4 is 10.6 Å². The first kappa shape index (κ1) is 19.2. The van der Waals surface area contributed by atoms with Crippen molar-refractivity contribution in [3.8, 4) is 0 Å². The molecule has 0 saturated carbocycles. The number of rotatable bonds is 6. The zero-order chi connectivity index (χ0) is 19.6. The SMILES string of the molecule is CCNC(=O)[C@@H]1C[C@H](NC(=O)c2cccn2C)CN1Cc1c(C)noc1C. The number of nitrogens with zero attached hydrogens (tertiary/aromatic N) is 3. The number of nitrogens with one attached hydrogen (secondary N) is 2. The molecule has 0 spiro atoms. The lowest BCUT2D eigenvalue weighted by atomic mass is 10.1. The van der Waals surface area contributed by atoms with Gasteiger partial charge in [0.15, 0.2) is 0 Å². The molecule has 2 N–H and O–H groups in total. The van der Waals surface area contributed by atoms with E-state index in [1.165, 1.54) is 0 Å². The summed E-state index contributed by atoms with van der Waals surface area (Å²) >= 11 is 0. The van der Waals surface area contributed by atoms with E-state index in [2.05, 4.69) is 20.7 Å². The molecule has 2 aromatic heterocycles. The Bertz CT molecular complexity index is 806. The molecule has 27 heavy (non-hydrogen) atoms. The average molecular weight is 373 g/mol. The van der Waals surface area contributed by atoms with Crippen LogP contribution in [0.2, 0.25) is 0 Å². The Kier molecular flexibility index (Phi) is 5.65. The minimum absolute atomic E-state index is 0.0140. The number of carbonyl (C=O) groups excluding carboxylic acids is 2. The van der Waals surface area contributed by atoms with Gasteiger partial charge >= 0.3 is 0 Å². The fraction of sp³-hybridized carbons (Fsp3) is 0.526. The van der Waals surface area contributed by atoms with Gasteiger partial charge in [0, 0.05) is 44.5 Å². The number of likely N-dealkylation sites (tertiary alicyclic amines) is 1. The molecule has 0 aromatic carbocycles. The fourth-order valence-corrected chi connectivity index (χ4v) is 3.63.